The van der Waals surface area contributed by atoms with Gasteiger partial charge in [0.1, 0.15) is 17.0 Å². The van der Waals surface area contributed by atoms with Gasteiger partial charge >= 0.3 is 0 Å². The molecule has 4 heterocycles. The summed E-state index contributed by atoms with van der Waals surface area (Å²) in [5, 5.41) is 8.94. The fourth-order valence-corrected chi connectivity index (χ4v) is 4.92. The smallest absolute Gasteiger partial charge is 0.271 e. The summed E-state index contributed by atoms with van der Waals surface area (Å²) < 4.78 is 3.92. The summed E-state index contributed by atoms with van der Waals surface area (Å²) in [5.74, 6) is 1.76. The van der Waals surface area contributed by atoms with Crippen LogP contribution in [-0.4, -0.2) is 48.4 Å². The summed E-state index contributed by atoms with van der Waals surface area (Å²) in [5.41, 5.74) is 4.64. The SMILES string of the molecule is CCn1c(C(=O)N(C2CC2)C2CC2)cc2c3c(c(Nc4cc(C)n(C)n4)nc21)N=CC3C. The van der Waals surface area contributed by atoms with Gasteiger partial charge < -0.3 is 14.8 Å². The van der Waals surface area contributed by atoms with Crippen LogP contribution in [0.5, 0.6) is 0 Å². The molecule has 1 atom stereocenters. The van der Waals surface area contributed by atoms with Crippen molar-refractivity contribution in [2.75, 3.05) is 5.32 Å². The Morgan fingerprint density at radius 3 is 2.53 bits per heavy atom. The standard InChI is InChI=1S/C24H29N7O/c1-5-30-18(24(32)31(15-6-7-15)16-8-9-16)11-17-20-13(2)12-25-21(20)22(27-23(17)30)26-19-10-14(3)29(4)28-19/h10-13,15-16H,5-9H2,1-4H3,(H,26,27,28). The first-order chi connectivity index (χ1) is 15.5. The number of fused-ring (bicyclic) bond motifs is 3. The zero-order valence-corrected chi connectivity index (χ0v) is 19.1. The molecule has 3 aliphatic rings. The summed E-state index contributed by atoms with van der Waals surface area (Å²) in [6.07, 6.45) is 6.48. The second kappa shape index (κ2) is 6.92. The normalized spacial score (nSPS) is 19.6. The number of aliphatic imine (C=N–C) groups is 1. The molecule has 6 rings (SSSR count). The number of hydrogen-bond acceptors (Lipinski definition) is 5. The van der Waals surface area contributed by atoms with Gasteiger partial charge in [-0.05, 0) is 45.6 Å². The van der Waals surface area contributed by atoms with Crippen LogP contribution in [0.3, 0.4) is 0 Å². The molecule has 0 bridgehead atoms. The lowest BCUT2D eigenvalue weighted by molar-refractivity contribution is 0.0719. The Hall–Kier alpha value is -3.16. The summed E-state index contributed by atoms with van der Waals surface area (Å²) in [7, 11) is 1.92. The molecule has 3 aromatic rings. The monoisotopic (exact) mass is 431 g/mol. The molecule has 32 heavy (non-hydrogen) atoms. The third kappa shape index (κ3) is 2.96. The Morgan fingerprint density at radius 1 is 1.22 bits per heavy atom. The van der Waals surface area contributed by atoms with Gasteiger partial charge in [0.2, 0.25) is 0 Å². The molecule has 0 spiro atoms. The van der Waals surface area contributed by atoms with Crippen molar-refractivity contribution in [3.63, 3.8) is 0 Å². The van der Waals surface area contributed by atoms with Crippen molar-refractivity contribution in [2.24, 2.45) is 12.0 Å². The first kappa shape index (κ1) is 19.5. The van der Waals surface area contributed by atoms with Crippen LogP contribution in [0.15, 0.2) is 17.1 Å². The molecule has 1 unspecified atom stereocenters. The molecule has 1 amide bonds. The molecule has 0 saturated heterocycles. The second-order valence-corrected chi connectivity index (χ2v) is 9.39. The quantitative estimate of drug-likeness (QED) is 0.626. The molecular formula is C24H29N7O. The summed E-state index contributed by atoms with van der Waals surface area (Å²) >= 11 is 0. The van der Waals surface area contributed by atoms with E-state index >= 15 is 0 Å². The highest BCUT2D eigenvalue weighted by Gasteiger charge is 2.43. The Balaban J connectivity index is 1.49. The van der Waals surface area contributed by atoms with Crippen LogP contribution in [0, 0.1) is 6.92 Å². The summed E-state index contributed by atoms with van der Waals surface area (Å²) in [4.78, 5) is 25.5. The van der Waals surface area contributed by atoms with Gasteiger partial charge in [-0.15, -0.1) is 0 Å². The van der Waals surface area contributed by atoms with Gasteiger partial charge in [0.05, 0.1) is 0 Å². The van der Waals surface area contributed by atoms with E-state index < -0.39 is 0 Å². The lowest BCUT2D eigenvalue weighted by atomic mass is 10.0. The van der Waals surface area contributed by atoms with E-state index in [1.807, 2.05) is 30.9 Å². The topological polar surface area (TPSA) is 80.3 Å². The van der Waals surface area contributed by atoms with Gasteiger partial charge in [0, 0.05) is 60.5 Å². The number of pyridine rings is 1. The summed E-state index contributed by atoms with van der Waals surface area (Å²) in [6, 6.07) is 4.90. The molecule has 2 saturated carbocycles. The zero-order valence-electron chi connectivity index (χ0n) is 19.1. The number of aromatic nitrogens is 4. The molecular weight excluding hydrogens is 402 g/mol. The van der Waals surface area contributed by atoms with Gasteiger partial charge in [-0.3, -0.25) is 14.5 Å². The van der Waals surface area contributed by atoms with E-state index in [9.17, 15) is 4.79 Å². The van der Waals surface area contributed by atoms with Gasteiger partial charge in [0.15, 0.2) is 11.6 Å². The molecule has 1 N–H and O–H groups in total. The number of aryl methyl sites for hydroxylation is 3. The van der Waals surface area contributed by atoms with Crippen molar-refractivity contribution < 1.29 is 4.79 Å². The molecule has 166 valence electrons. The van der Waals surface area contributed by atoms with Crippen LogP contribution < -0.4 is 5.32 Å². The number of nitrogens with one attached hydrogen (secondary N) is 1. The number of carbonyl (C=O) groups excluding carboxylic acids is 1. The van der Waals surface area contributed by atoms with Gasteiger partial charge in [0.25, 0.3) is 5.91 Å². The third-order valence-electron chi connectivity index (χ3n) is 6.95. The fourth-order valence-electron chi connectivity index (χ4n) is 4.92. The highest BCUT2D eigenvalue weighted by molar-refractivity contribution is 6.04. The number of hydrogen-bond donors (Lipinski definition) is 1. The Kier molecular flexibility index (Phi) is 4.22. The Morgan fingerprint density at radius 2 is 1.94 bits per heavy atom. The first-order valence-electron chi connectivity index (χ1n) is 11.7. The average Bonchev–Trinajstić information content (AvgIpc) is 3.68. The molecule has 2 fully saturated rings. The lowest BCUT2D eigenvalue weighted by Crippen LogP contribution is -2.36. The largest absolute Gasteiger partial charge is 0.331 e. The van der Waals surface area contributed by atoms with Crippen molar-refractivity contribution in [2.45, 2.75) is 71.0 Å². The predicted octanol–water partition coefficient (Wildman–Crippen LogP) is 4.43. The van der Waals surface area contributed by atoms with Crippen molar-refractivity contribution in [1.82, 2.24) is 24.2 Å². The molecule has 0 radical (unpaired) electrons. The van der Waals surface area contributed by atoms with Crippen LogP contribution >= 0.6 is 0 Å². The van der Waals surface area contributed by atoms with E-state index in [1.54, 1.807) is 0 Å². The van der Waals surface area contributed by atoms with E-state index in [1.165, 1.54) is 0 Å². The maximum absolute atomic E-state index is 13.7. The van der Waals surface area contributed by atoms with E-state index in [-0.39, 0.29) is 11.8 Å². The van der Waals surface area contributed by atoms with Crippen LogP contribution in [0.2, 0.25) is 0 Å². The molecule has 8 heteroatoms. The number of amides is 1. The van der Waals surface area contributed by atoms with Gasteiger partial charge in [-0.25, -0.2) is 4.98 Å². The summed E-state index contributed by atoms with van der Waals surface area (Å²) in [6.45, 7) is 6.94. The highest BCUT2D eigenvalue weighted by atomic mass is 16.2. The minimum Gasteiger partial charge on any atom is -0.331 e. The van der Waals surface area contributed by atoms with Crippen LogP contribution in [0.4, 0.5) is 17.3 Å². The van der Waals surface area contributed by atoms with Gasteiger partial charge in [-0.1, -0.05) is 6.92 Å². The van der Waals surface area contributed by atoms with Crippen LogP contribution in [-0.2, 0) is 13.6 Å². The third-order valence-corrected chi connectivity index (χ3v) is 6.95. The average molecular weight is 432 g/mol. The van der Waals surface area contributed by atoms with Crippen LogP contribution in [0.1, 0.15) is 67.2 Å². The Bertz CT molecular complexity index is 1240. The molecule has 0 aromatic carbocycles. The molecule has 1 aliphatic heterocycles. The lowest BCUT2D eigenvalue weighted by Gasteiger charge is -2.22. The molecule has 3 aromatic heterocycles. The van der Waals surface area contributed by atoms with E-state index in [2.05, 4.69) is 44.8 Å². The van der Waals surface area contributed by atoms with Gasteiger partial charge in [-0.2, -0.15) is 5.10 Å². The second-order valence-electron chi connectivity index (χ2n) is 9.39. The molecule has 2 aliphatic carbocycles. The minimum atomic E-state index is 0.157. The van der Waals surface area contributed by atoms with E-state index in [0.29, 0.717) is 24.4 Å². The number of rotatable bonds is 6. The van der Waals surface area contributed by atoms with E-state index in [4.69, 9.17) is 4.98 Å². The maximum atomic E-state index is 13.7. The zero-order chi connectivity index (χ0) is 22.1. The first-order valence-corrected chi connectivity index (χ1v) is 11.7. The predicted molar refractivity (Wildman–Crippen MR) is 125 cm³/mol. The fraction of sp³-hybridized carbons (Fsp3) is 0.500. The minimum absolute atomic E-state index is 0.157. The van der Waals surface area contributed by atoms with Crippen molar-refractivity contribution in [1.29, 1.82) is 0 Å². The molecule has 8 nitrogen and oxygen atoms in total. The number of anilines is 2. The van der Waals surface area contributed by atoms with Crippen molar-refractivity contribution in [3.8, 4) is 0 Å². The van der Waals surface area contributed by atoms with E-state index in [0.717, 1.165) is 65.2 Å². The highest BCUT2D eigenvalue weighted by Crippen LogP contribution is 2.44. The van der Waals surface area contributed by atoms with Crippen molar-refractivity contribution >= 4 is 40.5 Å². The van der Waals surface area contributed by atoms with Crippen LogP contribution in [0.25, 0.3) is 11.0 Å². The number of nitrogens with zero attached hydrogens (tertiary/aromatic N) is 6. The number of carbonyl (C=O) groups is 1. The Labute approximate surface area is 187 Å². The van der Waals surface area contributed by atoms with Crippen molar-refractivity contribution in [3.05, 3.63) is 29.1 Å². The maximum Gasteiger partial charge on any atom is 0.271 e.